The van der Waals surface area contributed by atoms with Crippen LogP contribution in [0.2, 0.25) is 0 Å². The predicted molar refractivity (Wildman–Crippen MR) is 68.1 cm³/mol. The molecule has 110 valence electrons. The fourth-order valence-electron chi connectivity index (χ4n) is 2.19. The number of likely N-dealkylation sites (N-methyl/N-ethyl adjacent to an activating group) is 1. The smallest absolute Gasteiger partial charge is 0.326 e. The van der Waals surface area contributed by atoms with Gasteiger partial charge in [0.1, 0.15) is 6.04 Å². The van der Waals surface area contributed by atoms with Crippen LogP contribution < -0.4 is 0 Å². The van der Waals surface area contributed by atoms with E-state index in [1.54, 1.807) is 12.0 Å². The molecule has 0 bridgehead atoms. The first-order valence-electron chi connectivity index (χ1n) is 6.35. The molecule has 1 aliphatic heterocycles. The van der Waals surface area contributed by atoms with Crippen molar-refractivity contribution in [1.82, 2.24) is 9.80 Å². The van der Waals surface area contributed by atoms with Gasteiger partial charge >= 0.3 is 12.0 Å². The normalized spacial score (nSPS) is 22.6. The van der Waals surface area contributed by atoms with E-state index in [1.807, 2.05) is 6.92 Å². The number of urea groups is 1. The first-order valence-corrected chi connectivity index (χ1v) is 6.35. The largest absolute Gasteiger partial charge is 0.480 e. The van der Waals surface area contributed by atoms with Crippen molar-refractivity contribution in [3.63, 3.8) is 0 Å². The minimum Gasteiger partial charge on any atom is -0.480 e. The second-order valence-corrected chi connectivity index (χ2v) is 4.45. The van der Waals surface area contributed by atoms with Crippen molar-refractivity contribution in [2.24, 2.45) is 0 Å². The third-order valence-corrected chi connectivity index (χ3v) is 3.34. The van der Waals surface area contributed by atoms with Crippen molar-refractivity contribution in [3.8, 4) is 0 Å². The Morgan fingerprint density at radius 2 is 2.11 bits per heavy atom. The van der Waals surface area contributed by atoms with Gasteiger partial charge in [0.05, 0.1) is 12.7 Å². The quantitative estimate of drug-likeness (QED) is 0.751. The van der Waals surface area contributed by atoms with Crippen LogP contribution in [-0.4, -0.2) is 79.5 Å². The Morgan fingerprint density at radius 3 is 2.58 bits per heavy atom. The second-order valence-electron chi connectivity index (χ2n) is 4.45. The van der Waals surface area contributed by atoms with Crippen molar-refractivity contribution in [3.05, 3.63) is 0 Å². The lowest BCUT2D eigenvalue weighted by atomic mass is 10.2. The number of ether oxygens (including phenoxy) is 2. The number of carboxylic acid groups (broad SMARTS) is 1. The van der Waals surface area contributed by atoms with Crippen LogP contribution in [0.25, 0.3) is 0 Å². The van der Waals surface area contributed by atoms with Crippen LogP contribution >= 0.6 is 0 Å². The van der Waals surface area contributed by atoms with Gasteiger partial charge in [0.2, 0.25) is 0 Å². The van der Waals surface area contributed by atoms with Gasteiger partial charge < -0.3 is 24.4 Å². The summed E-state index contributed by atoms with van der Waals surface area (Å²) in [6.45, 7) is 3.57. The molecule has 1 heterocycles. The summed E-state index contributed by atoms with van der Waals surface area (Å²) in [5.74, 6) is -0.990. The number of aliphatic carboxylic acids is 1. The summed E-state index contributed by atoms with van der Waals surface area (Å²) < 4.78 is 10.1. The average Bonchev–Trinajstić information content (AvgIpc) is 2.83. The number of amides is 2. The zero-order valence-electron chi connectivity index (χ0n) is 11.7. The molecule has 0 spiro atoms. The zero-order chi connectivity index (χ0) is 14.4. The fourth-order valence-corrected chi connectivity index (χ4v) is 2.19. The third kappa shape index (κ3) is 3.81. The molecule has 7 heteroatoms. The Kier molecular flexibility index (Phi) is 6.04. The number of carbonyl (C=O) groups is 2. The van der Waals surface area contributed by atoms with Crippen molar-refractivity contribution in [2.75, 3.05) is 40.5 Å². The molecule has 0 radical (unpaired) electrons. The van der Waals surface area contributed by atoms with E-state index in [-0.39, 0.29) is 12.1 Å². The molecule has 0 aliphatic carbocycles. The van der Waals surface area contributed by atoms with E-state index in [0.717, 1.165) is 0 Å². The topological polar surface area (TPSA) is 79.3 Å². The Labute approximate surface area is 113 Å². The highest BCUT2D eigenvalue weighted by Gasteiger charge is 2.41. The predicted octanol–water partition coefficient (Wildman–Crippen LogP) is 0.249. The van der Waals surface area contributed by atoms with Gasteiger partial charge in [-0.15, -0.1) is 0 Å². The third-order valence-electron chi connectivity index (χ3n) is 3.34. The molecule has 1 rings (SSSR count). The van der Waals surface area contributed by atoms with Crippen molar-refractivity contribution in [2.45, 2.75) is 25.5 Å². The van der Waals surface area contributed by atoms with Gasteiger partial charge in [-0.2, -0.15) is 0 Å². The number of methoxy groups -OCH3 is 2. The Morgan fingerprint density at radius 1 is 1.42 bits per heavy atom. The SMILES string of the molecule is CCN(CCOC)C(=O)N1CC(OC)CC1C(=O)O. The maximum atomic E-state index is 12.3. The molecule has 0 aromatic rings. The number of hydrogen-bond donors (Lipinski definition) is 1. The highest BCUT2D eigenvalue weighted by Crippen LogP contribution is 2.21. The van der Waals surface area contributed by atoms with Crippen LogP contribution in [0.4, 0.5) is 4.79 Å². The highest BCUT2D eigenvalue weighted by molar-refractivity contribution is 5.83. The van der Waals surface area contributed by atoms with Crippen LogP contribution in [0, 0.1) is 0 Å². The number of carbonyl (C=O) groups excluding carboxylic acids is 1. The lowest BCUT2D eigenvalue weighted by molar-refractivity contribution is -0.141. The number of hydrogen-bond acceptors (Lipinski definition) is 4. The molecule has 2 unspecified atom stereocenters. The lowest BCUT2D eigenvalue weighted by Gasteiger charge is -2.29. The number of nitrogens with zero attached hydrogens (tertiary/aromatic N) is 2. The molecular formula is C12H22N2O5. The van der Waals surface area contributed by atoms with Crippen molar-refractivity contribution >= 4 is 12.0 Å². The minimum absolute atomic E-state index is 0.216. The van der Waals surface area contributed by atoms with E-state index in [4.69, 9.17) is 9.47 Å². The van der Waals surface area contributed by atoms with Gasteiger partial charge in [-0.05, 0) is 6.92 Å². The first kappa shape index (κ1) is 15.7. The van der Waals surface area contributed by atoms with Crippen LogP contribution in [0.1, 0.15) is 13.3 Å². The fraction of sp³-hybridized carbons (Fsp3) is 0.833. The number of likely N-dealkylation sites (tertiary alicyclic amines) is 1. The van der Waals surface area contributed by atoms with Crippen molar-refractivity contribution in [1.29, 1.82) is 0 Å². The van der Waals surface area contributed by atoms with Crippen LogP contribution in [-0.2, 0) is 14.3 Å². The average molecular weight is 274 g/mol. The van der Waals surface area contributed by atoms with Gasteiger partial charge in [-0.1, -0.05) is 0 Å². The molecule has 1 fully saturated rings. The first-order chi connectivity index (χ1) is 9.04. The Bertz CT molecular complexity index is 323. The highest BCUT2D eigenvalue weighted by atomic mass is 16.5. The molecule has 19 heavy (non-hydrogen) atoms. The van der Waals surface area contributed by atoms with E-state index >= 15 is 0 Å². The van der Waals surface area contributed by atoms with Gasteiger partial charge in [0.25, 0.3) is 0 Å². The van der Waals surface area contributed by atoms with E-state index in [2.05, 4.69) is 0 Å². The molecular weight excluding hydrogens is 252 g/mol. The van der Waals surface area contributed by atoms with Crippen LogP contribution in [0.3, 0.4) is 0 Å². The van der Waals surface area contributed by atoms with Gasteiger partial charge in [0, 0.05) is 40.3 Å². The summed E-state index contributed by atoms with van der Waals surface area (Å²) in [6.07, 6.45) is 0.116. The Balaban J connectivity index is 2.74. The van der Waals surface area contributed by atoms with Gasteiger partial charge in [0.15, 0.2) is 0 Å². The van der Waals surface area contributed by atoms with Crippen LogP contribution in [0.15, 0.2) is 0 Å². The molecule has 2 amide bonds. The second kappa shape index (κ2) is 7.30. The summed E-state index contributed by atoms with van der Waals surface area (Å²) in [4.78, 5) is 26.5. The number of carboxylic acids is 1. The monoisotopic (exact) mass is 274 g/mol. The summed E-state index contributed by atoms with van der Waals surface area (Å²) >= 11 is 0. The zero-order valence-corrected chi connectivity index (χ0v) is 11.7. The summed E-state index contributed by atoms with van der Waals surface area (Å²) in [5, 5.41) is 9.18. The maximum absolute atomic E-state index is 12.3. The standard InChI is InChI=1S/C12H22N2O5/c1-4-13(5-6-18-2)12(17)14-8-9(19-3)7-10(14)11(15)16/h9-10H,4-8H2,1-3H3,(H,15,16). The molecule has 2 atom stereocenters. The molecule has 0 aromatic heterocycles. The summed E-state index contributed by atoms with van der Waals surface area (Å²) in [5.41, 5.74) is 0. The molecule has 1 aliphatic rings. The lowest BCUT2D eigenvalue weighted by Crippen LogP contribution is -2.49. The van der Waals surface area contributed by atoms with Crippen LogP contribution in [0.5, 0.6) is 0 Å². The minimum atomic E-state index is -0.990. The van der Waals surface area contributed by atoms with E-state index in [9.17, 15) is 14.7 Å². The maximum Gasteiger partial charge on any atom is 0.326 e. The van der Waals surface area contributed by atoms with E-state index in [0.29, 0.717) is 32.7 Å². The molecule has 1 saturated heterocycles. The van der Waals surface area contributed by atoms with Gasteiger partial charge in [-0.3, -0.25) is 0 Å². The Hall–Kier alpha value is -1.34. The van der Waals surface area contributed by atoms with E-state index in [1.165, 1.54) is 12.0 Å². The number of rotatable bonds is 6. The molecule has 0 aromatic carbocycles. The van der Waals surface area contributed by atoms with E-state index < -0.39 is 12.0 Å². The van der Waals surface area contributed by atoms with Crippen molar-refractivity contribution < 1.29 is 24.2 Å². The molecule has 7 nitrogen and oxygen atoms in total. The molecule has 0 saturated carbocycles. The summed E-state index contributed by atoms with van der Waals surface area (Å²) in [7, 11) is 3.09. The van der Waals surface area contributed by atoms with Gasteiger partial charge in [-0.25, -0.2) is 9.59 Å². The summed E-state index contributed by atoms with van der Waals surface area (Å²) in [6, 6.07) is -1.08. The molecule has 1 N–H and O–H groups in total.